The zero-order valence-electron chi connectivity index (χ0n) is 10.9. The van der Waals surface area contributed by atoms with Gasteiger partial charge >= 0.3 is 0 Å². The van der Waals surface area contributed by atoms with Crippen molar-refractivity contribution in [3.8, 4) is 0 Å². The summed E-state index contributed by atoms with van der Waals surface area (Å²) in [6.07, 6.45) is 13.6. The second-order valence-electron chi connectivity index (χ2n) is 6.36. The lowest BCUT2D eigenvalue weighted by atomic mass is 9.54. The zero-order chi connectivity index (χ0) is 10.9. The van der Waals surface area contributed by atoms with E-state index < -0.39 is 0 Å². The maximum atomic E-state index is 2.48. The van der Waals surface area contributed by atoms with Crippen LogP contribution in [0.1, 0.15) is 78.6 Å². The number of rotatable bonds is 2. The van der Waals surface area contributed by atoms with Crippen LogP contribution in [-0.4, -0.2) is 0 Å². The van der Waals surface area contributed by atoms with E-state index in [4.69, 9.17) is 0 Å². The van der Waals surface area contributed by atoms with Gasteiger partial charge in [0.05, 0.1) is 0 Å². The fourth-order valence-corrected chi connectivity index (χ4v) is 5.09. The maximum Gasteiger partial charge on any atom is -0.0221 e. The average Bonchev–Trinajstić information content (AvgIpc) is 2.59. The van der Waals surface area contributed by atoms with Crippen LogP contribution in [0.15, 0.2) is 0 Å². The molecule has 0 heterocycles. The zero-order valence-corrected chi connectivity index (χ0v) is 10.9. The molecule has 2 rings (SSSR count). The van der Waals surface area contributed by atoms with Crippen molar-refractivity contribution in [2.75, 3.05) is 0 Å². The van der Waals surface area contributed by atoms with E-state index in [2.05, 4.69) is 20.8 Å². The van der Waals surface area contributed by atoms with Gasteiger partial charge in [0, 0.05) is 0 Å². The van der Waals surface area contributed by atoms with Crippen molar-refractivity contribution < 1.29 is 0 Å². The second kappa shape index (κ2) is 4.11. The highest BCUT2D eigenvalue weighted by atomic mass is 14.6. The molecule has 1 unspecified atom stereocenters. The summed E-state index contributed by atoms with van der Waals surface area (Å²) in [6.45, 7) is 7.40. The molecule has 0 aromatic carbocycles. The van der Waals surface area contributed by atoms with Gasteiger partial charge in [-0.3, -0.25) is 0 Å². The standard InChI is InChI=1S/C15H28/c1-4-15(13(2)3)12-8-11-14(15)9-6-5-7-10-14/h13H,4-12H2,1-3H3. The van der Waals surface area contributed by atoms with Crippen LogP contribution >= 0.6 is 0 Å². The molecular weight excluding hydrogens is 180 g/mol. The van der Waals surface area contributed by atoms with Gasteiger partial charge in [-0.25, -0.2) is 0 Å². The Bertz CT molecular complexity index is 210. The number of hydrogen-bond acceptors (Lipinski definition) is 0. The summed E-state index contributed by atoms with van der Waals surface area (Å²) in [5.41, 5.74) is 1.46. The predicted molar refractivity (Wildman–Crippen MR) is 66.9 cm³/mol. The molecule has 2 fully saturated rings. The Morgan fingerprint density at radius 1 is 0.867 bits per heavy atom. The lowest BCUT2D eigenvalue weighted by molar-refractivity contribution is -0.0154. The van der Waals surface area contributed by atoms with Gasteiger partial charge < -0.3 is 0 Å². The van der Waals surface area contributed by atoms with Crippen molar-refractivity contribution in [3.05, 3.63) is 0 Å². The monoisotopic (exact) mass is 208 g/mol. The molecule has 2 aliphatic rings. The van der Waals surface area contributed by atoms with Crippen LogP contribution in [0.5, 0.6) is 0 Å². The fourth-order valence-electron chi connectivity index (χ4n) is 5.09. The first-order valence-electron chi connectivity index (χ1n) is 7.17. The lowest BCUT2D eigenvalue weighted by Gasteiger charge is -2.51. The number of hydrogen-bond donors (Lipinski definition) is 0. The third-order valence-corrected chi connectivity index (χ3v) is 5.88. The molecule has 0 radical (unpaired) electrons. The molecule has 0 saturated heterocycles. The molecule has 0 nitrogen and oxygen atoms in total. The van der Waals surface area contributed by atoms with E-state index in [1.807, 2.05) is 0 Å². The third-order valence-electron chi connectivity index (χ3n) is 5.88. The molecule has 15 heavy (non-hydrogen) atoms. The molecule has 0 heteroatoms. The summed E-state index contributed by atoms with van der Waals surface area (Å²) in [7, 11) is 0. The van der Waals surface area contributed by atoms with Gasteiger partial charge in [0.1, 0.15) is 0 Å². The Hall–Kier alpha value is 0. The molecule has 0 N–H and O–H groups in total. The lowest BCUT2D eigenvalue weighted by Crippen LogP contribution is -2.42. The van der Waals surface area contributed by atoms with Crippen molar-refractivity contribution in [1.82, 2.24) is 0 Å². The van der Waals surface area contributed by atoms with Crippen LogP contribution in [0.3, 0.4) is 0 Å². The van der Waals surface area contributed by atoms with Crippen LogP contribution in [0.25, 0.3) is 0 Å². The van der Waals surface area contributed by atoms with Gasteiger partial charge in [0.2, 0.25) is 0 Å². The highest BCUT2D eigenvalue weighted by Gasteiger charge is 2.54. The van der Waals surface area contributed by atoms with E-state index in [0.29, 0.717) is 5.41 Å². The van der Waals surface area contributed by atoms with Crippen LogP contribution in [-0.2, 0) is 0 Å². The second-order valence-corrected chi connectivity index (χ2v) is 6.36. The van der Waals surface area contributed by atoms with Gasteiger partial charge in [0.25, 0.3) is 0 Å². The summed E-state index contributed by atoms with van der Waals surface area (Å²) < 4.78 is 0. The molecule has 88 valence electrons. The molecule has 0 amide bonds. The SMILES string of the molecule is CCC1(C(C)C)CCCC12CCCCC2. The van der Waals surface area contributed by atoms with Crippen molar-refractivity contribution in [1.29, 1.82) is 0 Å². The van der Waals surface area contributed by atoms with Crippen LogP contribution < -0.4 is 0 Å². The minimum Gasteiger partial charge on any atom is -0.0648 e. The van der Waals surface area contributed by atoms with E-state index >= 15 is 0 Å². The van der Waals surface area contributed by atoms with E-state index in [-0.39, 0.29) is 0 Å². The Balaban J connectivity index is 2.28. The van der Waals surface area contributed by atoms with Gasteiger partial charge in [-0.15, -0.1) is 0 Å². The van der Waals surface area contributed by atoms with Crippen molar-refractivity contribution in [3.63, 3.8) is 0 Å². The van der Waals surface area contributed by atoms with Crippen LogP contribution in [0.4, 0.5) is 0 Å². The summed E-state index contributed by atoms with van der Waals surface area (Å²) in [5, 5.41) is 0. The van der Waals surface area contributed by atoms with E-state index in [1.54, 1.807) is 19.3 Å². The summed E-state index contributed by atoms with van der Waals surface area (Å²) in [6, 6.07) is 0. The van der Waals surface area contributed by atoms with Gasteiger partial charge in [0.15, 0.2) is 0 Å². The quantitative estimate of drug-likeness (QED) is 0.587. The maximum absolute atomic E-state index is 2.48. The Morgan fingerprint density at radius 2 is 1.47 bits per heavy atom. The van der Waals surface area contributed by atoms with Gasteiger partial charge in [-0.1, -0.05) is 46.5 Å². The van der Waals surface area contributed by atoms with Gasteiger partial charge in [-0.2, -0.15) is 0 Å². The molecule has 1 atom stereocenters. The third kappa shape index (κ3) is 1.56. The fraction of sp³-hybridized carbons (Fsp3) is 1.00. The van der Waals surface area contributed by atoms with Crippen LogP contribution in [0, 0.1) is 16.7 Å². The van der Waals surface area contributed by atoms with Crippen molar-refractivity contribution in [2.24, 2.45) is 16.7 Å². The van der Waals surface area contributed by atoms with Crippen molar-refractivity contribution >= 4 is 0 Å². The average molecular weight is 208 g/mol. The smallest absolute Gasteiger partial charge is 0.0221 e. The van der Waals surface area contributed by atoms with Crippen LogP contribution in [0.2, 0.25) is 0 Å². The first-order valence-corrected chi connectivity index (χ1v) is 7.17. The molecule has 2 aliphatic carbocycles. The predicted octanol–water partition coefficient (Wildman–Crippen LogP) is 5.17. The van der Waals surface area contributed by atoms with Crippen molar-refractivity contribution in [2.45, 2.75) is 78.6 Å². The molecular formula is C15H28. The van der Waals surface area contributed by atoms with Gasteiger partial charge in [-0.05, 0) is 48.9 Å². The van der Waals surface area contributed by atoms with E-state index in [9.17, 15) is 0 Å². The largest absolute Gasteiger partial charge is 0.0648 e. The summed E-state index contributed by atoms with van der Waals surface area (Å²) in [5.74, 6) is 0.892. The minimum atomic E-state index is 0.702. The summed E-state index contributed by atoms with van der Waals surface area (Å²) in [4.78, 5) is 0. The molecule has 0 bridgehead atoms. The molecule has 1 spiro atoms. The topological polar surface area (TPSA) is 0 Å². The minimum absolute atomic E-state index is 0.702. The summed E-state index contributed by atoms with van der Waals surface area (Å²) >= 11 is 0. The molecule has 0 aromatic rings. The normalized spacial score (nSPS) is 35.2. The first-order chi connectivity index (χ1) is 7.17. The highest BCUT2D eigenvalue weighted by Crippen LogP contribution is 2.64. The Kier molecular flexibility index (Phi) is 3.14. The Labute approximate surface area is 95.8 Å². The van der Waals surface area contributed by atoms with E-state index in [1.165, 1.54) is 38.5 Å². The highest BCUT2D eigenvalue weighted by molar-refractivity contribution is 5.04. The molecule has 0 aromatic heterocycles. The molecule has 0 aliphatic heterocycles. The Morgan fingerprint density at radius 3 is 2.00 bits per heavy atom. The van der Waals surface area contributed by atoms with E-state index in [0.717, 1.165) is 11.3 Å². The first kappa shape index (κ1) is 11.5. The molecule has 2 saturated carbocycles.